The number of para-hydroxylation sites is 2. The molecule has 0 aliphatic rings. The monoisotopic (exact) mass is 311 g/mol. The van der Waals surface area contributed by atoms with Crippen LogP contribution in [0.5, 0.6) is 0 Å². The number of hydrogen-bond donors (Lipinski definition) is 1. The molecule has 1 amide bonds. The SMILES string of the molecule is CN(CCN(C)c1ccccc1)C(=O)CCc1ccccc1N. The van der Waals surface area contributed by atoms with Crippen molar-refractivity contribution in [3.05, 3.63) is 60.2 Å². The smallest absolute Gasteiger partial charge is 0.222 e. The highest BCUT2D eigenvalue weighted by Crippen LogP contribution is 2.13. The molecule has 4 heteroatoms. The standard InChI is InChI=1S/C19H25N3O/c1-21(17-9-4-3-5-10-17)14-15-22(2)19(23)13-12-16-8-6-7-11-18(16)20/h3-11H,12-15,20H2,1-2H3. The third-order valence-corrected chi connectivity index (χ3v) is 4.06. The number of nitrogens with zero attached hydrogens (tertiary/aromatic N) is 2. The number of nitrogens with two attached hydrogens (primary N) is 1. The summed E-state index contributed by atoms with van der Waals surface area (Å²) >= 11 is 0. The lowest BCUT2D eigenvalue weighted by molar-refractivity contribution is -0.129. The summed E-state index contributed by atoms with van der Waals surface area (Å²) < 4.78 is 0. The Balaban J connectivity index is 1.78. The lowest BCUT2D eigenvalue weighted by atomic mass is 10.1. The van der Waals surface area contributed by atoms with Crippen molar-refractivity contribution in [3.63, 3.8) is 0 Å². The minimum atomic E-state index is 0.148. The molecule has 0 saturated heterocycles. The van der Waals surface area contributed by atoms with Crippen molar-refractivity contribution in [1.82, 2.24) is 4.90 Å². The molecule has 0 atom stereocenters. The number of carbonyl (C=O) groups excluding carboxylic acids is 1. The number of rotatable bonds is 7. The van der Waals surface area contributed by atoms with E-state index in [9.17, 15) is 4.79 Å². The fourth-order valence-electron chi connectivity index (χ4n) is 2.43. The number of nitrogen functional groups attached to an aromatic ring is 1. The van der Waals surface area contributed by atoms with Gasteiger partial charge in [0.15, 0.2) is 0 Å². The highest BCUT2D eigenvalue weighted by Gasteiger charge is 2.10. The maximum atomic E-state index is 12.2. The zero-order valence-electron chi connectivity index (χ0n) is 13.9. The maximum Gasteiger partial charge on any atom is 0.222 e. The van der Waals surface area contributed by atoms with E-state index in [1.165, 1.54) is 0 Å². The molecule has 2 rings (SSSR count). The molecule has 0 aliphatic heterocycles. The first kappa shape index (κ1) is 16.9. The lowest BCUT2D eigenvalue weighted by Crippen LogP contribution is -2.34. The van der Waals surface area contributed by atoms with Gasteiger partial charge in [-0.05, 0) is 30.2 Å². The second-order valence-electron chi connectivity index (χ2n) is 5.77. The van der Waals surface area contributed by atoms with Crippen LogP contribution in [0.4, 0.5) is 11.4 Å². The molecule has 0 heterocycles. The van der Waals surface area contributed by atoms with E-state index < -0.39 is 0 Å². The van der Waals surface area contributed by atoms with Crippen molar-refractivity contribution in [2.75, 3.05) is 37.8 Å². The average Bonchev–Trinajstić information content (AvgIpc) is 2.59. The first-order valence-electron chi connectivity index (χ1n) is 7.91. The van der Waals surface area contributed by atoms with Gasteiger partial charge in [-0.1, -0.05) is 36.4 Å². The molecule has 0 aliphatic carbocycles. The summed E-state index contributed by atoms with van der Waals surface area (Å²) in [6.45, 7) is 1.51. The molecule has 0 radical (unpaired) electrons. The number of anilines is 2. The summed E-state index contributed by atoms with van der Waals surface area (Å²) in [5.74, 6) is 0.148. The van der Waals surface area contributed by atoms with Gasteiger partial charge in [-0.25, -0.2) is 0 Å². The van der Waals surface area contributed by atoms with Gasteiger partial charge >= 0.3 is 0 Å². The molecular formula is C19H25N3O. The van der Waals surface area contributed by atoms with Gasteiger partial charge in [-0.15, -0.1) is 0 Å². The van der Waals surface area contributed by atoms with E-state index in [1.54, 1.807) is 4.90 Å². The number of likely N-dealkylation sites (N-methyl/N-ethyl adjacent to an activating group) is 2. The third kappa shape index (κ3) is 5.02. The Hall–Kier alpha value is -2.49. The fourth-order valence-corrected chi connectivity index (χ4v) is 2.43. The second-order valence-corrected chi connectivity index (χ2v) is 5.77. The van der Waals surface area contributed by atoms with Gasteiger partial charge in [-0.3, -0.25) is 4.79 Å². The number of carbonyl (C=O) groups is 1. The number of hydrogen-bond acceptors (Lipinski definition) is 3. The summed E-state index contributed by atoms with van der Waals surface area (Å²) in [7, 11) is 3.90. The molecule has 0 unspecified atom stereocenters. The predicted octanol–water partition coefficient (Wildman–Crippen LogP) is 2.80. The normalized spacial score (nSPS) is 10.3. The molecule has 23 heavy (non-hydrogen) atoms. The molecule has 0 spiro atoms. The second kappa shape index (κ2) is 8.22. The van der Waals surface area contributed by atoms with Crippen LogP contribution in [0.1, 0.15) is 12.0 Å². The largest absolute Gasteiger partial charge is 0.399 e. The van der Waals surface area contributed by atoms with Crippen LogP contribution in [0.2, 0.25) is 0 Å². The molecule has 4 nitrogen and oxygen atoms in total. The summed E-state index contributed by atoms with van der Waals surface area (Å²) in [6, 6.07) is 17.9. The van der Waals surface area contributed by atoms with Crippen molar-refractivity contribution < 1.29 is 4.79 Å². The molecule has 0 saturated carbocycles. The Bertz CT molecular complexity index is 628. The molecule has 2 aromatic carbocycles. The van der Waals surface area contributed by atoms with Gasteiger partial charge in [0, 0.05) is 45.0 Å². The van der Waals surface area contributed by atoms with Gasteiger partial charge in [0.05, 0.1) is 0 Å². The quantitative estimate of drug-likeness (QED) is 0.800. The van der Waals surface area contributed by atoms with Gasteiger partial charge in [-0.2, -0.15) is 0 Å². The Labute approximate surface area is 138 Å². The highest BCUT2D eigenvalue weighted by molar-refractivity contribution is 5.76. The molecule has 0 aromatic heterocycles. The summed E-state index contributed by atoms with van der Waals surface area (Å²) in [6.07, 6.45) is 1.17. The Morgan fingerprint density at radius 3 is 2.30 bits per heavy atom. The van der Waals surface area contributed by atoms with Crippen molar-refractivity contribution in [2.24, 2.45) is 0 Å². The van der Waals surface area contributed by atoms with E-state index in [4.69, 9.17) is 5.73 Å². The lowest BCUT2D eigenvalue weighted by Gasteiger charge is -2.24. The number of aryl methyl sites for hydroxylation is 1. The Kier molecular flexibility index (Phi) is 6.03. The number of benzene rings is 2. The summed E-state index contributed by atoms with van der Waals surface area (Å²) in [4.78, 5) is 16.2. The molecule has 0 fully saturated rings. The first-order valence-corrected chi connectivity index (χ1v) is 7.91. The average molecular weight is 311 g/mol. The third-order valence-electron chi connectivity index (χ3n) is 4.06. The zero-order valence-corrected chi connectivity index (χ0v) is 13.9. The van der Waals surface area contributed by atoms with Crippen LogP contribution in [0, 0.1) is 0 Å². The van der Waals surface area contributed by atoms with Crippen molar-refractivity contribution in [1.29, 1.82) is 0 Å². The van der Waals surface area contributed by atoms with Crippen molar-refractivity contribution >= 4 is 17.3 Å². The van der Waals surface area contributed by atoms with E-state index in [0.29, 0.717) is 19.4 Å². The van der Waals surface area contributed by atoms with Gasteiger partial charge < -0.3 is 15.5 Å². The molecule has 2 aromatic rings. The van der Waals surface area contributed by atoms with E-state index in [-0.39, 0.29) is 5.91 Å². The topological polar surface area (TPSA) is 49.6 Å². The van der Waals surface area contributed by atoms with Crippen LogP contribution >= 0.6 is 0 Å². The van der Waals surface area contributed by atoms with Gasteiger partial charge in [0.2, 0.25) is 5.91 Å². The van der Waals surface area contributed by atoms with Gasteiger partial charge in [0.1, 0.15) is 0 Å². The van der Waals surface area contributed by atoms with Crippen LogP contribution in [0.25, 0.3) is 0 Å². The van der Waals surface area contributed by atoms with E-state index in [0.717, 1.165) is 23.5 Å². The van der Waals surface area contributed by atoms with Gasteiger partial charge in [0.25, 0.3) is 0 Å². The van der Waals surface area contributed by atoms with E-state index >= 15 is 0 Å². The molecular weight excluding hydrogens is 286 g/mol. The predicted molar refractivity (Wildman–Crippen MR) is 96.5 cm³/mol. The van der Waals surface area contributed by atoms with Crippen LogP contribution < -0.4 is 10.6 Å². The van der Waals surface area contributed by atoms with Crippen LogP contribution in [0.3, 0.4) is 0 Å². The van der Waals surface area contributed by atoms with Crippen molar-refractivity contribution in [2.45, 2.75) is 12.8 Å². The van der Waals surface area contributed by atoms with Crippen LogP contribution in [0.15, 0.2) is 54.6 Å². The number of amides is 1. The maximum absolute atomic E-state index is 12.2. The van der Waals surface area contributed by atoms with Crippen LogP contribution in [-0.2, 0) is 11.2 Å². The fraction of sp³-hybridized carbons (Fsp3) is 0.316. The summed E-state index contributed by atoms with van der Waals surface area (Å²) in [5.41, 5.74) is 8.87. The minimum absolute atomic E-state index is 0.148. The summed E-state index contributed by atoms with van der Waals surface area (Å²) in [5, 5.41) is 0. The van der Waals surface area contributed by atoms with Crippen LogP contribution in [-0.4, -0.2) is 38.0 Å². The molecule has 2 N–H and O–H groups in total. The Morgan fingerprint density at radius 2 is 1.61 bits per heavy atom. The van der Waals surface area contributed by atoms with E-state index in [2.05, 4.69) is 17.0 Å². The zero-order chi connectivity index (χ0) is 16.7. The van der Waals surface area contributed by atoms with Crippen molar-refractivity contribution in [3.8, 4) is 0 Å². The Morgan fingerprint density at radius 1 is 0.957 bits per heavy atom. The molecule has 0 bridgehead atoms. The minimum Gasteiger partial charge on any atom is -0.399 e. The van der Waals surface area contributed by atoms with E-state index in [1.807, 2.05) is 56.6 Å². The first-order chi connectivity index (χ1) is 11.1. The highest BCUT2D eigenvalue weighted by atomic mass is 16.2. The molecule has 122 valence electrons.